The van der Waals surface area contributed by atoms with E-state index in [1.165, 1.54) is 30.5 Å². The van der Waals surface area contributed by atoms with Crippen LogP contribution in [0, 0.1) is 6.92 Å². The maximum atomic E-state index is 12.6. The monoisotopic (exact) mass is 241 g/mol. The van der Waals surface area contributed by atoms with Crippen LogP contribution in [0.2, 0.25) is 0 Å². The van der Waals surface area contributed by atoms with Crippen LogP contribution >= 0.6 is 0 Å². The zero-order valence-corrected chi connectivity index (χ0v) is 9.16. The van der Waals surface area contributed by atoms with Gasteiger partial charge >= 0.3 is 10.2 Å². The molecular weight excluding hydrogens is 233 g/mol. The highest BCUT2D eigenvalue weighted by Crippen LogP contribution is 2.21. The standard InChI is InChI=1S/C10H8FNO3S/c1-7-12-10(6-15-7)8-2-4-9(5-3-8)16(11,13)14/h2-6H,1H3. The van der Waals surface area contributed by atoms with Crippen molar-refractivity contribution >= 4 is 10.2 Å². The van der Waals surface area contributed by atoms with Gasteiger partial charge in [-0.1, -0.05) is 12.1 Å². The van der Waals surface area contributed by atoms with Crippen molar-refractivity contribution in [3.63, 3.8) is 0 Å². The van der Waals surface area contributed by atoms with E-state index in [1.807, 2.05) is 0 Å². The summed E-state index contributed by atoms with van der Waals surface area (Å²) in [6, 6.07) is 5.33. The molecule has 0 fully saturated rings. The van der Waals surface area contributed by atoms with Gasteiger partial charge in [-0.15, -0.1) is 3.89 Å². The Morgan fingerprint density at radius 2 is 1.88 bits per heavy atom. The van der Waals surface area contributed by atoms with E-state index in [0.717, 1.165) is 0 Å². The summed E-state index contributed by atoms with van der Waals surface area (Å²) in [6.07, 6.45) is 1.45. The third-order valence-electron chi connectivity index (χ3n) is 2.05. The Bertz CT molecular complexity index is 601. The minimum atomic E-state index is -4.64. The average Bonchev–Trinajstić information content (AvgIpc) is 2.64. The zero-order valence-electron chi connectivity index (χ0n) is 8.34. The van der Waals surface area contributed by atoms with Gasteiger partial charge in [-0.05, 0) is 12.1 Å². The maximum absolute atomic E-state index is 12.6. The van der Waals surface area contributed by atoms with E-state index in [-0.39, 0.29) is 4.90 Å². The lowest BCUT2D eigenvalue weighted by atomic mass is 10.2. The molecule has 0 aliphatic rings. The molecule has 4 nitrogen and oxygen atoms in total. The molecule has 0 spiro atoms. The predicted octanol–water partition coefficient (Wildman–Crippen LogP) is 2.31. The SMILES string of the molecule is Cc1nc(-c2ccc(S(=O)(=O)F)cc2)co1. The number of aryl methyl sites for hydroxylation is 1. The first kappa shape index (κ1) is 10.8. The van der Waals surface area contributed by atoms with Crippen molar-refractivity contribution in [3.8, 4) is 11.3 Å². The highest BCUT2D eigenvalue weighted by molar-refractivity contribution is 7.86. The quantitative estimate of drug-likeness (QED) is 0.757. The van der Waals surface area contributed by atoms with Gasteiger partial charge in [-0.3, -0.25) is 0 Å². The second-order valence-electron chi connectivity index (χ2n) is 3.21. The Kier molecular flexibility index (Phi) is 2.51. The van der Waals surface area contributed by atoms with Crippen LogP contribution in [0.4, 0.5) is 3.89 Å². The lowest BCUT2D eigenvalue weighted by molar-refractivity contribution is 0.521. The highest BCUT2D eigenvalue weighted by Gasteiger charge is 2.12. The fourth-order valence-corrected chi connectivity index (χ4v) is 1.75. The maximum Gasteiger partial charge on any atom is 0.332 e. The number of aromatic nitrogens is 1. The summed E-state index contributed by atoms with van der Waals surface area (Å²) >= 11 is 0. The van der Waals surface area contributed by atoms with E-state index in [2.05, 4.69) is 4.98 Å². The first-order chi connectivity index (χ1) is 7.47. The predicted molar refractivity (Wildman–Crippen MR) is 55.0 cm³/mol. The Balaban J connectivity index is 2.40. The van der Waals surface area contributed by atoms with E-state index in [1.54, 1.807) is 6.92 Å². The summed E-state index contributed by atoms with van der Waals surface area (Å²) in [6.45, 7) is 1.70. The molecule has 0 N–H and O–H groups in total. The van der Waals surface area contributed by atoms with Crippen molar-refractivity contribution in [2.75, 3.05) is 0 Å². The van der Waals surface area contributed by atoms with Crippen LogP contribution in [-0.4, -0.2) is 13.4 Å². The van der Waals surface area contributed by atoms with Crippen molar-refractivity contribution < 1.29 is 16.7 Å². The van der Waals surface area contributed by atoms with E-state index in [0.29, 0.717) is 17.1 Å². The molecule has 6 heteroatoms. The van der Waals surface area contributed by atoms with Gasteiger partial charge in [0.05, 0.1) is 4.90 Å². The Morgan fingerprint density at radius 3 is 2.31 bits per heavy atom. The summed E-state index contributed by atoms with van der Waals surface area (Å²) in [4.78, 5) is 3.70. The molecule has 0 bridgehead atoms. The number of hydrogen-bond donors (Lipinski definition) is 0. The first-order valence-corrected chi connectivity index (χ1v) is 5.82. The van der Waals surface area contributed by atoms with Crippen LogP contribution in [0.25, 0.3) is 11.3 Å². The smallest absolute Gasteiger partial charge is 0.332 e. The normalized spacial score (nSPS) is 11.6. The second-order valence-corrected chi connectivity index (χ2v) is 4.56. The lowest BCUT2D eigenvalue weighted by Gasteiger charge is -1.97. The van der Waals surface area contributed by atoms with Crippen LogP contribution in [-0.2, 0) is 10.2 Å². The summed E-state index contributed by atoms with van der Waals surface area (Å²) in [5, 5.41) is 0. The molecule has 0 aliphatic heterocycles. The van der Waals surface area contributed by atoms with Gasteiger partial charge in [0.15, 0.2) is 5.89 Å². The van der Waals surface area contributed by atoms with Gasteiger partial charge in [0.25, 0.3) is 0 Å². The molecular formula is C10H8FNO3S. The summed E-state index contributed by atoms with van der Waals surface area (Å²) in [5.74, 6) is 0.511. The van der Waals surface area contributed by atoms with Gasteiger partial charge in [0.1, 0.15) is 12.0 Å². The van der Waals surface area contributed by atoms with Gasteiger partial charge in [-0.25, -0.2) is 4.98 Å². The van der Waals surface area contributed by atoms with E-state index < -0.39 is 10.2 Å². The Labute approximate surface area is 92.0 Å². The largest absolute Gasteiger partial charge is 0.449 e. The summed E-state index contributed by atoms with van der Waals surface area (Å²) < 4.78 is 38.8. The van der Waals surface area contributed by atoms with E-state index >= 15 is 0 Å². The van der Waals surface area contributed by atoms with Gasteiger partial charge in [-0.2, -0.15) is 8.42 Å². The molecule has 1 aromatic heterocycles. The fraction of sp³-hybridized carbons (Fsp3) is 0.100. The molecule has 0 radical (unpaired) electrons. The molecule has 0 unspecified atom stereocenters. The molecule has 84 valence electrons. The molecule has 1 aromatic carbocycles. The van der Waals surface area contributed by atoms with Gasteiger partial charge < -0.3 is 4.42 Å². The van der Waals surface area contributed by atoms with E-state index in [4.69, 9.17) is 4.42 Å². The van der Waals surface area contributed by atoms with Crippen LogP contribution in [0.15, 0.2) is 39.8 Å². The molecule has 1 heterocycles. The third-order valence-corrected chi connectivity index (χ3v) is 2.89. The molecule has 2 rings (SSSR count). The van der Waals surface area contributed by atoms with Crippen molar-refractivity contribution in [3.05, 3.63) is 36.4 Å². The van der Waals surface area contributed by atoms with Crippen LogP contribution in [0.3, 0.4) is 0 Å². The highest BCUT2D eigenvalue weighted by atomic mass is 32.3. The average molecular weight is 241 g/mol. The number of oxazole rings is 1. The number of halogens is 1. The molecule has 0 saturated heterocycles. The summed E-state index contributed by atoms with van der Waals surface area (Å²) in [7, 11) is -4.64. The fourth-order valence-electron chi connectivity index (χ4n) is 1.28. The van der Waals surface area contributed by atoms with Crippen molar-refractivity contribution in [1.82, 2.24) is 4.98 Å². The van der Waals surface area contributed by atoms with Gasteiger partial charge in [0, 0.05) is 12.5 Å². The molecule has 0 amide bonds. The lowest BCUT2D eigenvalue weighted by Crippen LogP contribution is -1.91. The zero-order chi connectivity index (χ0) is 11.8. The van der Waals surface area contributed by atoms with Crippen LogP contribution < -0.4 is 0 Å². The number of nitrogens with zero attached hydrogens (tertiary/aromatic N) is 1. The first-order valence-electron chi connectivity index (χ1n) is 4.44. The number of hydrogen-bond acceptors (Lipinski definition) is 4. The van der Waals surface area contributed by atoms with Crippen LogP contribution in [0.5, 0.6) is 0 Å². The Morgan fingerprint density at radius 1 is 1.25 bits per heavy atom. The molecule has 0 atom stereocenters. The summed E-state index contributed by atoms with van der Waals surface area (Å²) in [5.41, 5.74) is 1.25. The minimum Gasteiger partial charge on any atom is -0.449 e. The van der Waals surface area contributed by atoms with Crippen LogP contribution in [0.1, 0.15) is 5.89 Å². The molecule has 2 aromatic rings. The van der Waals surface area contributed by atoms with Crippen molar-refractivity contribution in [2.24, 2.45) is 0 Å². The van der Waals surface area contributed by atoms with Gasteiger partial charge in [0.2, 0.25) is 0 Å². The second kappa shape index (κ2) is 3.71. The molecule has 0 aliphatic carbocycles. The topological polar surface area (TPSA) is 60.2 Å². The third kappa shape index (κ3) is 2.11. The number of rotatable bonds is 2. The number of benzene rings is 1. The Hall–Kier alpha value is -1.69. The molecule has 0 saturated carbocycles. The minimum absolute atomic E-state index is 0.364. The molecule has 16 heavy (non-hydrogen) atoms. The van der Waals surface area contributed by atoms with Crippen molar-refractivity contribution in [1.29, 1.82) is 0 Å². The van der Waals surface area contributed by atoms with Crippen molar-refractivity contribution in [2.45, 2.75) is 11.8 Å². The van der Waals surface area contributed by atoms with E-state index in [9.17, 15) is 12.3 Å².